The van der Waals surface area contributed by atoms with Crippen LogP contribution in [-0.4, -0.2) is 53.0 Å². The number of hydrogen-bond donors (Lipinski definition) is 1. The zero-order chi connectivity index (χ0) is 14.1. The van der Waals surface area contributed by atoms with Crippen LogP contribution in [0.1, 0.15) is 34.1 Å². The molecule has 104 valence electrons. The lowest BCUT2D eigenvalue weighted by molar-refractivity contribution is -0.152. The molecule has 0 unspecified atom stereocenters. The summed E-state index contributed by atoms with van der Waals surface area (Å²) >= 11 is 0. The first-order valence-corrected chi connectivity index (χ1v) is 5.87. The van der Waals surface area contributed by atoms with Gasteiger partial charge in [-0.2, -0.15) is 0 Å². The molecule has 6 heteroatoms. The van der Waals surface area contributed by atoms with Crippen LogP contribution in [0.5, 0.6) is 0 Å². The van der Waals surface area contributed by atoms with Gasteiger partial charge in [-0.3, -0.25) is 4.90 Å². The zero-order valence-electron chi connectivity index (χ0n) is 11.5. The first-order valence-electron chi connectivity index (χ1n) is 5.87. The summed E-state index contributed by atoms with van der Waals surface area (Å²) in [6.45, 7) is 6.87. The number of β-amino-alcohol motifs (C(OH)–C–C–N with tert-alkyl or cyclic N) is 1. The molecule has 0 aromatic heterocycles. The van der Waals surface area contributed by atoms with Crippen molar-refractivity contribution in [2.45, 2.75) is 51.4 Å². The minimum atomic E-state index is -1.17. The predicted octanol–water partition coefficient (Wildman–Crippen LogP) is 0.920. The molecule has 1 saturated heterocycles. The highest BCUT2D eigenvalue weighted by Gasteiger charge is 2.51. The quantitative estimate of drug-likeness (QED) is 0.709. The lowest BCUT2D eigenvalue weighted by Crippen LogP contribution is -2.52. The molecule has 1 heterocycles. The molecule has 0 saturated carbocycles. The summed E-state index contributed by atoms with van der Waals surface area (Å²) in [6.07, 6.45) is -1.22. The Balaban J connectivity index is 2.92. The van der Waals surface area contributed by atoms with Crippen molar-refractivity contribution >= 4 is 12.1 Å². The molecule has 1 N–H and O–H groups in total. The van der Waals surface area contributed by atoms with E-state index >= 15 is 0 Å². The maximum absolute atomic E-state index is 12.0. The number of hydrogen-bond acceptors (Lipinski definition) is 5. The molecule has 1 aliphatic heterocycles. The van der Waals surface area contributed by atoms with E-state index in [0.29, 0.717) is 0 Å². The van der Waals surface area contributed by atoms with Gasteiger partial charge in [0.05, 0.1) is 19.8 Å². The Kier molecular flexibility index (Phi) is 3.90. The number of carbonyl (C=O) groups excluding carboxylic acids is 2. The number of rotatable bonds is 1. The van der Waals surface area contributed by atoms with Crippen LogP contribution in [0.2, 0.25) is 0 Å². The average Bonchev–Trinajstić information content (AvgIpc) is 2.51. The summed E-state index contributed by atoms with van der Waals surface area (Å²) in [5, 5.41) is 9.67. The third kappa shape index (κ3) is 2.93. The van der Waals surface area contributed by atoms with E-state index < -0.39 is 29.3 Å². The molecule has 18 heavy (non-hydrogen) atoms. The van der Waals surface area contributed by atoms with Gasteiger partial charge in [0.2, 0.25) is 0 Å². The third-order valence-electron chi connectivity index (χ3n) is 2.86. The number of methoxy groups -OCH3 is 1. The van der Waals surface area contributed by atoms with Gasteiger partial charge in [-0.15, -0.1) is 0 Å². The molecule has 0 aromatic rings. The van der Waals surface area contributed by atoms with Crippen LogP contribution in [0.4, 0.5) is 4.79 Å². The van der Waals surface area contributed by atoms with Crippen LogP contribution in [0.15, 0.2) is 0 Å². The van der Waals surface area contributed by atoms with Crippen LogP contribution in [-0.2, 0) is 14.3 Å². The van der Waals surface area contributed by atoms with E-state index in [2.05, 4.69) is 0 Å². The van der Waals surface area contributed by atoms with E-state index in [0.717, 1.165) is 0 Å². The van der Waals surface area contributed by atoms with E-state index in [1.54, 1.807) is 27.7 Å². The maximum atomic E-state index is 12.0. The highest BCUT2D eigenvalue weighted by Crippen LogP contribution is 2.31. The average molecular weight is 259 g/mol. The van der Waals surface area contributed by atoms with Gasteiger partial charge < -0.3 is 14.6 Å². The number of likely N-dealkylation sites (tertiary alicyclic amines) is 1. The second kappa shape index (κ2) is 4.76. The molecule has 2 atom stereocenters. The summed E-state index contributed by atoms with van der Waals surface area (Å²) < 4.78 is 9.92. The fourth-order valence-electron chi connectivity index (χ4n) is 2.05. The number of ether oxygens (including phenoxy) is 2. The van der Waals surface area contributed by atoms with E-state index in [1.807, 2.05) is 0 Å². The molecule has 1 rings (SSSR count). The Morgan fingerprint density at radius 2 is 1.94 bits per heavy atom. The number of carbonyl (C=O) groups is 2. The number of amides is 1. The molecule has 0 radical (unpaired) electrons. The second-order valence-corrected chi connectivity index (χ2v) is 5.71. The Labute approximate surface area is 107 Å². The molecular formula is C12H21NO5. The number of aliphatic hydroxyl groups excluding tert-OH is 1. The maximum Gasteiger partial charge on any atom is 0.411 e. The van der Waals surface area contributed by atoms with Crippen LogP contribution in [0.25, 0.3) is 0 Å². The summed E-state index contributed by atoms with van der Waals surface area (Å²) in [7, 11) is 1.26. The van der Waals surface area contributed by atoms with E-state index in [9.17, 15) is 14.7 Å². The van der Waals surface area contributed by atoms with Crippen LogP contribution in [0, 0.1) is 0 Å². The molecule has 1 fully saturated rings. The fourth-order valence-corrected chi connectivity index (χ4v) is 2.05. The van der Waals surface area contributed by atoms with Crippen molar-refractivity contribution in [1.29, 1.82) is 0 Å². The summed E-state index contributed by atoms with van der Waals surface area (Å²) in [5.41, 5.74) is -1.82. The zero-order valence-corrected chi connectivity index (χ0v) is 11.5. The smallest absolute Gasteiger partial charge is 0.411 e. The molecule has 0 bridgehead atoms. The summed E-state index contributed by atoms with van der Waals surface area (Å²) in [6, 6.07) is 0. The van der Waals surface area contributed by atoms with Crippen molar-refractivity contribution in [3.05, 3.63) is 0 Å². The van der Waals surface area contributed by atoms with Crippen LogP contribution < -0.4 is 0 Å². The summed E-state index contributed by atoms with van der Waals surface area (Å²) in [5.74, 6) is -0.551. The molecule has 0 aliphatic carbocycles. The third-order valence-corrected chi connectivity index (χ3v) is 2.86. The van der Waals surface area contributed by atoms with Crippen LogP contribution >= 0.6 is 0 Å². The minimum absolute atomic E-state index is 0.0700. The Hall–Kier alpha value is -1.30. The van der Waals surface area contributed by atoms with Gasteiger partial charge in [0.1, 0.15) is 11.1 Å². The number of esters is 1. The standard InChI is InChI=1S/C12H21NO5/c1-11(2,3)18-10(16)13-7-8(14)6-12(13,4)9(15)17-5/h8,14H,6-7H2,1-5H3/t8-,12+/m1/s1. The molecule has 6 nitrogen and oxygen atoms in total. The predicted molar refractivity (Wildman–Crippen MR) is 64.0 cm³/mol. The SMILES string of the molecule is COC(=O)[C@]1(C)C[C@@H](O)CN1C(=O)OC(C)(C)C. The normalized spacial score (nSPS) is 28.1. The van der Waals surface area contributed by atoms with Gasteiger partial charge in [-0.1, -0.05) is 0 Å². The van der Waals surface area contributed by atoms with Gasteiger partial charge in [0, 0.05) is 6.42 Å². The van der Waals surface area contributed by atoms with Crippen molar-refractivity contribution in [2.75, 3.05) is 13.7 Å². The van der Waals surface area contributed by atoms with Crippen LogP contribution in [0.3, 0.4) is 0 Å². The van der Waals surface area contributed by atoms with Crippen molar-refractivity contribution in [2.24, 2.45) is 0 Å². The number of aliphatic hydroxyl groups is 1. The molecular weight excluding hydrogens is 238 g/mol. The van der Waals surface area contributed by atoms with Crippen molar-refractivity contribution in [1.82, 2.24) is 4.90 Å². The highest BCUT2D eigenvalue weighted by atomic mass is 16.6. The monoisotopic (exact) mass is 259 g/mol. The Morgan fingerprint density at radius 3 is 2.39 bits per heavy atom. The fraction of sp³-hybridized carbons (Fsp3) is 0.833. The van der Waals surface area contributed by atoms with Gasteiger partial charge in [0.15, 0.2) is 0 Å². The highest BCUT2D eigenvalue weighted by molar-refractivity contribution is 5.86. The first-order chi connectivity index (χ1) is 8.10. The minimum Gasteiger partial charge on any atom is -0.467 e. The largest absolute Gasteiger partial charge is 0.467 e. The molecule has 0 spiro atoms. The van der Waals surface area contributed by atoms with Gasteiger partial charge in [0.25, 0.3) is 0 Å². The topological polar surface area (TPSA) is 76.1 Å². The lowest BCUT2D eigenvalue weighted by Gasteiger charge is -2.33. The van der Waals surface area contributed by atoms with Gasteiger partial charge >= 0.3 is 12.1 Å². The van der Waals surface area contributed by atoms with Gasteiger partial charge in [-0.25, -0.2) is 9.59 Å². The molecule has 0 aromatic carbocycles. The molecule has 1 aliphatic rings. The van der Waals surface area contributed by atoms with E-state index in [4.69, 9.17) is 9.47 Å². The second-order valence-electron chi connectivity index (χ2n) is 5.71. The first kappa shape index (κ1) is 14.8. The summed E-state index contributed by atoms with van der Waals surface area (Å²) in [4.78, 5) is 25.0. The van der Waals surface area contributed by atoms with Crippen molar-refractivity contribution in [3.63, 3.8) is 0 Å². The lowest BCUT2D eigenvalue weighted by atomic mass is 9.98. The van der Waals surface area contributed by atoms with Crippen molar-refractivity contribution in [3.8, 4) is 0 Å². The Bertz CT molecular complexity index is 349. The molecule has 1 amide bonds. The van der Waals surface area contributed by atoms with E-state index in [-0.39, 0.29) is 13.0 Å². The Morgan fingerprint density at radius 1 is 1.39 bits per heavy atom. The van der Waals surface area contributed by atoms with E-state index in [1.165, 1.54) is 12.0 Å². The van der Waals surface area contributed by atoms with Crippen molar-refractivity contribution < 1.29 is 24.2 Å². The number of nitrogens with zero attached hydrogens (tertiary/aromatic N) is 1. The van der Waals surface area contributed by atoms with Gasteiger partial charge in [-0.05, 0) is 27.7 Å².